The van der Waals surface area contributed by atoms with Crippen LogP contribution in [0.4, 0.5) is 0 Å². The van der Waals surface area contributed by atoms with Gasteiger partial charge in [0.05, 0.1) is 13.2 Å². The predicted octanol–water partition coefficient (Wildman–Crippen LogP) is 14.4. The molecule has 296 valence electrons. The van der Waals surface area contributed by atoms with Gasteiger partial charge in [-0.3, -0.25) is 4.79 Å². The highest BCUT2D eigenvalue weighted by Gasteiger charge is 2.11. The maximum Gasteiger partial charge on any atom is 0.399 e. The molecule has 0 spiro atoms. The van der Waals surface area contributed by atoms with E-state index < -0.39 is 16.4 Å². The van der Waals surface area contributed by atoms with Crippen molar-refractivity contribution in [2.45, 2.75) is 252 Å². The lowest BCUT2D eigenvalue weighted by molar-refractivity contribution is -0.137. The van der Waals surface area contributed by atoms with E-state index in [0.717, 1.165) is 51.4 Å². The Hall–Kier alpha value is -0.660. The van der Waals surface area contributed by atoms with Crippen molar-refractivity contribution in [2.24, 2.45) is 0 Å². The summed E-state index contributed by atoms with van der Waals surface area (Å²) in [6, 6.07) is 0. The predicted molar refractivity (Wildman–Crippen MR) is 212 cm³/mol. The van der Waals surface area contributed by atoms with Crippen molar-refractivity contribution in [3.8, 4) is 0 Å². The Bertz CT molecular complexity index is 695. The average Bonchev–Trinajstić information content (AvgIpc) is 3.08. The lowest BCUT2D eigenvalue weighted by Crippen LogP contribution is -2.12. The van der Waals surface area contributed by atoms with Gasteiger partial charge in [0.2, 0.25) is 0 Å². The fourth-order valence-corrected chi connectivity index (χ4v) is 6.89. The van der Waals surface area contributed by atoms with Crippen LogP contribution in [0.2, 0.25) is 0 Å². The largest absolute Gasteiger partial charge is 0.481 e. The summed E-state index contributed by atoms with van der Waals surface area (Å²) >= 11 is 0. The molecule has 0 saturated carbocycles. The van der Waals surface area contributed by atoms with Crippen LogP contribution in [0.15, 0.2) is 0 Å². The smallest absolute Gasteiger partial charge is 0.399 e. The van der Waals surface area contributed by atoms with E-state index in [4.69, 9.17) is 13.5 Å². The molecule has 0 unspecified atom stereocenters. The van der Waals surface area contributed by atoms with Gasteiger partial charge >= 0.3 is 16.4 Å². The molecule has 0 aromatic heterocycles. The highest BCUT2D eigenvalue weighted by Crippen LogP contribution is 2.15. The number of hydrogen-bond donors (Lipinski definition) is 1. The van der Waals surface area contributed by atoms with E-state index in [9.17, 15) is 13.2 Å². The van der Waals surface area contributed by atoms with Crippen molar-refractivity contribution in [3.05, 3.63) is 0 Å². The van der Waals surface area contributed by atoms with Crippen LogP contribution in [0.25, 0.3) is 0 Å². The van der Waals surface area contributed by atoms with Gasteiger partial charge < -0.3 is 5.11 Å². The Balaban J connectivity index is 0. The molecule has 0 bridgehead atoms. The zero-order valence-electron chi connectivity index (χ0n) is 33.3. The first-order valence-electron chi connectivity index (χ1n) is 21.6. The van der Waals surface area contributed by atoms with Crippen molar-refractivity contribution in [3.63, 3.8) is 0 Å². The first-order valence-corrected chi connectivity index (χ1v) is 23.0. The van der Waals surface area contributed by atoms with E-state index >= 15 is 0 Å². The summed E-state index contributed by atoms with van der Waals surface area (Å²) in [5.74, 6) is -0.653. The number of aliphatic carboxylic acids is 1. The lowest BCUT2D eigenvalue weighted by atomic mass is 10.0. The molecule has 6 nitrogen and oxygen atoms in total. The second-order valence-electron chi connectivity index (χ2n) is 14.5. The minimum atomic E-state index is -3.80. The Morgan fingerprint density at radius 1 is 0.367 bits per heavy atom. The van der Waals surface area contributed by atoms with Gasteiger partial charge in [0, 0.05) is 6.42 Å². The molecule has 0 radical (unpaired) electrons. The number of carboxylic acids is 1. The minimum absolute atomic E-state index is 0.247. The summed E-state index contributed by atoms with van der Waals surface area (Å²) in [5, 5.41) is 8.52. The van der Waals surface area contributed by atoms with Crippen molar-refractivity contribution >= 4 is 16.4 Å². The summed E-state index contributed by atoms with van der Waals surface area (Å²) in [4.78, 5) is 10.3. The molecular weight excluding hydrogens is 633 g/mol. The highest BCUT2D eigenvalue weighted by atomic mass is 32.3. The lowest BCUT2D eigenvalue weighted by Gasteiger charge is -2.06. The van der Waals surface area contributed by atoms with E-state index in [1.165, 1.54) is 173 Å². The topological polar surface area (TPSA) is 89.9 Å². The third-order valence-electron chi connectivity index (χ3n) is 9.45. The van der Waals surface area contributed by atoms with Gasteiger partial charge in [0.1, 0.15) is 0 Å². The van der Waals surface area contributed by atoms with Crippen LogP contribution in [0, 0.1) is 0 Å². The second kappa shape index (κ2) is 43.5. The van der Waals surface area contributed by atoms with Crippen molar-refractivity contribution in [2.75, 3.05) is 13.2 Å². The van der Waals surface area contributed by atoms with Gasteiger partial charge in [-0.05, 0) is 19.3 Å². The summed E-state index contributed by atoms with van der Waals surface area (Å²) in [6.45, 7) is 7.25. The summed E-state index contributed by atoms with van der Waals surface area (Å²) in [6.07, 6.45) is 44.6. The van der Waals surface area contributed by atoms with Crippen LogP contribution in [0.1, 0.15) is 252 Å². The summed E-state index contributed by atoms with van der Waals surface area (Å²) in [5.41, 5.74) is 0. The van der Waals surface area contributed by atoms with E-state index in [1.807, 2.05) is 0 Å². The molecule has 0 saturated heterocycles. The molecule has 0 rings (SSSR count). The van der Waals surface area contributed by atoms with E-state index in [-0.39, 0.29) is 13.2 Å². The molecule has 0 aliphatic heterocycles. The minimum Gasteiger partial charge on any atom is -0.481 e. The van der Waals surface area contributed by atoms with Crippen LogP contribution >= 0.6 is 0 Å². The molecule has 0 heterocycles. The van der Waals surface area contributed by atoms with Gasteiger partial charge in [-0.25, -0.2) is 8.37 Å². The maximum absolute atomic E-state index is 11.7. The molecule has 49 heavy (non-hydrogen) atoms. The molecule has 7 heteroatoms. The van der Waals surface area contributed by atoms with Gasteiger partial charge in [-0.15, -0.1) is 0 Å². The van der Waals surface area contributed by atoms with Crippen molar-refractivity contribution in [1.29, 1.82) is 0 Å². The molecule has 0 aliphatic rings. The molecule has 0 aliphatic carbocycles. The Morgan fingerprint density at radius 3 is 0.796 bits per heavy atom. The molecule has 1 N–H and O–H groups in total. The van der Waals surface area contributed by atoms with Crippen molar-refractivity contribution in [1.82, 2.24) is 0 Å². The van der Waals surface area contributed by atoms with Gasteiger partial charge in [-0.1, -0.05) is 226 Å². The third kappa shape index (κ3) is 49.5. The zero-order chi connectivity index (χ0) is 36.4. The fourth-order valence-electron chi connectivity index (χ4n) is 6.18. The summed E-state index contributed by atoms with van der Waals surface area (Å²) < 4.78 is 33.3. The molecule has 0 aromatic carbocycles. The summed E-state index contributed by atoms with van der Waals surface area (Å²) in [7, 11) is -3.80. The van der Waals surface area contributed by atoms with Gasteiger partial charge in [0.25, 0.3) is 0 Å². The van der Waals surface area contributed by atoms with Crippen LogP contribution in [-0.4, -0.2) is 32.7 Å². The van der Waals surface area contributed by atoms with Crippen LogP contribution < -0.4 is 0 Å². The maximum atomic E-state index is 11.7. The Kier molecular flexibility index (Phi) is 44.8. The molecule has 0 amide bonds. The van der Waals surface area contributed by atoms with E-state index in [0.29, 0.717) is 6.42 Å². The normalized spacial score (nSPS) is 11.5. The molecule has 0 atom stereocenters. The highest BCUT2D eigenvalue weighted by molar-refractivity contribution is 7.81. The first kappa shape index (κ1) is 50.4. The van der Waals surface area contributed by atoms with Gasteiger partial charge in [-0.2, -0.15) is 8.42 Å². The van der Waals surface area contributed by atoms with E-state index in [1.54, 1.807) is 0 Å². The van der Waals surface area contributed by atoms with Gasteiger partial charge in [0.15, 0.2) is 0 Å². The number of carbonyl (C=O) groups is 1. The molecule has 0 aromatic rings. The van der Waals surface area contributed by atoms with Crippen molar-refractivity contribution < 1.29 is 26.7 Å². The van der Waals surface area contributed by atoms with Crippen LogP contribution in [-0.2, 0) is 23.6 Å². The van der Waals surface area contributed by atoms with E-state index in [2.05, 4.69) is 20.8 Å². The number of hydrogen-bond acceptors (Lipinski definition) is 5. The molecule has 0 fully saturated rings. The number of carboxylic acid groups (broad SMARTS) is 1. The number of unbranched alkanes of at least 4 members (excludes halogenated alkanes) is 32. The Labute approximate surface area is 307 Å². The second-order valence-corrected chi connectivity index (χ2v) is 15.8. The fraction of sp³-hybridized carbons (Fsp3) is 0.976. The number of rotatable bonds is 40. The Morgan fingerprint density at radius 2 is 0.571 bits per heavy atom. The SMILES string of the molecule is CCCCCCCCCCCCCCCCCC(=O)O.CCCCCCCCCCCCOS(=O)(=O)OCCCCCCCCCCCC. The quantitative estimate of drug-likeness (QED) is 0.0634. The third-order valence-corrected chi connectivity index (χ3v) is 10.4. The van der Waals surface area contributed by atoms with Crippen LogP contribution in [0.5, 0.6) is 0 Å². The standard InChI is InChI=1S/C24H50O4S.C18H36O2/c1-3-5-7-9-11-13-15-17-19-21-23-27-29(25,26)28-24-22-20-18-16-14-12-10-8-6-4-2;1-2-3-4-5-6-7-8-9-10-11-12-13-14-15-16-17-18(19)20/h3-24H2,1-2H3;2-17H2,1H3,(H,19,20). The first-order chi connectivity index (χ1) is 23.9. The average molecular weight is 719 g/mol. The molecular formula is C42H86O6S. The zero-order valence-corrected chi connectivity index (χ0v) is 34.1. The van der Waals surface area contributed by atoms with Crippen LogP contribution in [0.3, 0.4) is 0 Å². The monoisotopic (exact) mass is 719 g/mol.